The fraction of sp³-hybridized carbons (Fsp3) is 0.791. The highest BCUT2D eigenvalue weighted by molar-refractivity contribution is 5.78. The second kappa shape index (κ2) is 16.5. The molecule has 11 heteroatoms. The van der Waals surface area contributed by atoms with E-state index in [0.29, 0.717) is 55.1 Å². The van der Waals surface area contributed by atoms with E-state index in [2.05, 4.69) is 26.8 Å². The van der Waals surface area contributed by atoms with E-state index < -0.39 is 72.3 Å². The van der Waals surface area contributed by atoms with Crippen molar-refractivity contribution in [2.75, 3.05) is 13.7 Å². The average molecular weight is 757 g/mol. The molecule has 302 valence electrons. The summed E-state index contributed by atoms with van der Waals surface area (Å²) < 4.78 is 45.0. The molecule has 15 atom stereocenters. The normalized spacial score (nSPS) is 48.2. The maximum Gasteiger partial charge on any atom is 0.316 e. The molecule has 0 unspecified atom stereocenters. The van der Waals surface area contributed by atoms with E-state index in [-0.39, 0.29) is 24.7 Å². The zero-order valence-electron chi connectivity index (χ0n) is 33.1. The number of aliphatic hydroxyl groups excluding tert-OH is 2. The van der Waals surface area contributed by atoms with Crippen LogP contribution in [-0.4, -0.2) is 108 Å². The number of rotatable bonds is 4. The monoisotopic (exact) mass is 756 g/mol. The molecule has 4 saturated heterocycles. The van der Waals surface area contributed by atoms with Crippen molar-refractivity contribution < 1.29 is 53.3 Å². The predicted molar refractivity (Wildman–Crippen MR) is 200 cm³/mol. The maximum atomic E-state index is 14.3. The number of hydrogen-bond donors (Lipinski definition) is 3. The smallest absolute Gasteiger partial charge is 0.316 e. The molecule has 0 aromatic carbocycles. The third-order valence-electron chi connectivity index (χ3n) is 13.6. The molecule has 11 nitrogen and oxygen atoms in total. The lowest BCUT2D eigenvalue weighted by Crippen LogP contribution is -2.58. The molecular formula is C43H64O11. The molecule has 2 bridgehead atoms. The number of methoxy groups -OCH3 is 1. The highest BCUT2D eigenvalue weighted by Gasteiger charge is 2.60. The number of ether oxygens (including phenoxy) is 7. The van der Waals surface area contributed by atoms with Gasteiger partial charge in [-0.2, -0.15) is 0 Å². The van der Waals surface area contributed by atoms with Crippen LogP contribution in [0, 0.1) is 23.7 Å². The molecule has 1 spiro atoms. The van der Waals surface area contributed by atoms with Crippen LogP contribution < -0.4 is 0 Å². The molecule has 0 radical (unpaired) electrons. The minimum absolute atomic E-state index is 0.0618. The maximum absolute atomic E-state index is 14.3. The van der Waals surface area contributed by atoms with Gasteiger partial charge in [-0.15, -0.1) is 0 Å². The van der Waals surface area contributed by atoms with Crippen LogP contribution in [0.2, 0.25) is 0 Å². The minimum Gasteiger partial charge on any atom is -0.462 e. The van der Waals surface area contributed by atoms with Crippen LogP contribution in [0.15, 0.2) is 47.1 Å². The van der Waals surface area contributed by atoms with Crippen LogP contribution in [0.25, 0.3) is 0 Å². The Balaban J connectivity index is 1.24. The van der Waals surface area contributed by atoms with E-state index in [1.54, 1.807) is 26.2 Å². The second-order valence-corrected chi connectivity index (χ2v) is 17.5. The van der Waals surface area contributed by atoms with E-state index >= 15 is 0 Å². The highest BCUT2D eigenvalue weighted by Crippen LogP contribution is 2.49. The number of esters is 1. The SMILES string of the molecule is CO[C@H]1C[C@H](O[C@@H]2/C(C)=C\C[C@@H]3C[C@@H](C[C@]4(CC[C@H](C)[C@@H](C5CCCCC5)O4)O3)OC(=O)[C@@H]3C=C(C)[C@@H](O)[C@H]4OCC(=C/C=C\[C@@H]2C)[C@]43O)O[C@@H](C)[C@@H]1O. The Kier molecular flexibility index (Phi) is 12.3. The summed E-state index contributed by atoms with van der Waals surface area (Å²) in [4.78, 5) is 14.3. The van der Waals surface area contributed by atoms with E-state index in [1.165, 1.54) is 19.3 Å². The molecule has 1 saturated carbocycles. The van der Waals surface area contributed by atoms with Crippen molar-refractivity contribution in [3.05, 3.63) is 47.1 Å². The molecule has 7 aliphatic rings. The lowest BCUT2D eigenvalue weighted by molar-refractivity contribution is -0.342. The summed E-state index contributed by atoms with van der Waals surface area (Å²) in [7, 11) is 1.59. The highest BCUT2D eigenvalue weighted by atomic mass is 16.7. The Labute approximate surface area is 321 Å². The van der Waals surface area contributed by atoms with E-state index in [4.69, 9.17) is 33.2 Å². The number of aliphatic hydroxyl groups is 3. The summed E-state index contributed by atoms with van der Waals surface area (Å²) in [6, 6.07) is 0. The zero-order valence-corrected chi connectivity index (χ0v) is 33.1. The Morgan fingerprint density at radius 2 is 1.74 bits per heavy atom. The minimum atomic E-state index is -1.79. The van der Waals surface area contributed by atoms with Gasteiger partial charge in [0.15, 0.2) is 12.1 Å². The van der Waals surface area contributed by atoms with Gasteiger partial charge in [0.2, 0.25) is 0 Å². The summed E-state index contributed by atoms with van der Waals surface area (Å²) in [5.74, 6) is -1.74. The van der Waals surface area contributed by atoms with Crippen LogP contribution >= 0.6 is 0 Å². The van der Waals surface area contributed by atoms with Gasteiger partial charge < -0.3 is 48.5 Å². The first-order valence-corrected chi connectivity index (χ1v) is 20.6. The summed E-state index contributed by atoms with van der Waals surface area (Å²) >= 11 is 0. The lowest BCUT2D eigenvalue weighted by Gasteiger charge is -2.51. The third kappa shape index (κ3) is 7.96. The van der Waals surface area contributed by atoms with Crippen LogP contribution in [0.4, 0.5) is 0 Å². The van der Waals surface area contributed by atoms with Gasteiger partial charge in [-0.05, 0) is 75.0 Å². The topological polar surface area (TPSA) is 142 Å². The summed E-state index contributed by atoms with van der Waals surface area (Å²) in [6.45, 7) is 10.1. The summed E-state index contributed by atoms with van der Waals surface area (Å²) in [5.41, 5.74) is 0.271. The quantitative estimate of drug-likeness (QED) is 0.244. The van der Waals surface area contributed by atoms with Crippen molar-refractivity contribution in [2.24, 2.45) is 23.7 Å². The van der Waals surface area contributed by atoms with Crippen LogP contribution in [0.1, 0.15) is 105 Å². The standard InChI is InChI=1S/C43H64O11/c1-24-11-10-14-30-23-49-40-36(44)27(4)19-33(43(30,40)47)41(46)51-32-20-31(16-15-25(2)38(24)52-35-21-34(48-6)37(45)28(5)50-35)53-42(22-32)18-17-26(3)39(54-42)29-12-8-7-9-13-29/h10-11,14-15,19,24,26,28-29,31-40,44-45,47H,7-9,12-13,16-18,20-23H2,1-6H3/b11-10-,25-15-,30-14?/t24-,26-,28-,31+,32-,33-,34-,35-,36+,37-,38-,39-,40+,42+,43+/m0/s1. The van der Waals surface area contributed by atoms with Crippen molar-refractivity contribution in [1.82, 2.24) is 0 Å². The molecule has 54 heavy (non-hydrogen) atoms. The number of allylic oxidation sites excluding steroid dienone is 2. The van der Waals surface area contributed by atoms with Crippen molar-refractivity contribution in [3.8, 4) is 0 Å². The van der Waals surface area contributed by atoms with Gasteiger partial charge in [-0.1, -0.05) is 63.5 Å². The Hall–Kier alpha value is -1.93. The first kappa shape index (κ1) is 40.3. The van der Waals surface area contributed by atoms with Gasteiger partial charge in [0.1, 0.15) is 35.9 Å². The van der Waals surface area contributed by atoms with Gasteiger partial charge in [-0.3, -0.25) is 4.79 Å². The number of carbonyl (C=O) groups is 1. The predicted octanol–water partition coefficient (Wildman–Crippen LogP) is 5.60. The van der Waals surface area contributed by atoms with Gasteiger partial charge in [0, 0.05) is 38.7 Å². The van der Waals surface area contributed by atoms with Gasteiger partial charge in [0.25, 0.3) is 0 Å². The Morgan fingerprint density at radius 1 is 0.963 bits per heavy atom. The second-order valence-electron chi connectivity index (χ2n) is 17.5. The Morgan fingerprint density at radius 3 is 2.50 bits per heavy atom. The lowest BCUT2D eigenvalue weighted by atomic mass is 9.71. The largest absolute Gasteiger partial charge is 0.462 e. The molecule has 2 aliphatic carbocycles. The molecule has 5 fully saturated rings. The average Bonchev–Trinajstić information content (AvgIpc) is 3.49. The van der Waals surface area contributed by atoms with Gasteiger partial charge in [0.05, 0.1) is 37.1 Å². The molecule has 0 aromatic rings. The van der Waals surface area contributed by atoms with E-state index in [1.807, 2.05) is 19.1 Å². The van der Waals surface area contributed by atoms with Crippen LogP contribution in [0.3, 0.4) is 0 Å². The molecular weight excluding hydrogens is 692 g/mol. The number of hydrogen-bond acceptors (Lipinski definition) is 11. The van der Waals surface area contributed by atoms with E-state index in [9.17, 15) is 20.1 Å². The number of fused-ring (bicyclic) bond motifs is 2. The zero-order chi connectivity index (χ0) is 38.4. The molecule has 5 heterocycles. The van der Waals surface area contributed by atoms with Crippen molar-refractivity contribution in [1.29, 1.82) is 0 Å². The molecule has 0 amide bonds. The van der Waals surface area contributed by atoms with Crippen LogP contribution in [-0.2, 0) is 38.0 Å². The Bertz CT molecular complexity index is 1470. The van der Waals surface area contributed by atoms with Crippen molar-refractivity contribution >= 4 is 5.97 Å². The third-order valence-corrected chi connectivity index (χ3v) is 13.6. The van der Waals surface area contributed by atoms with Gasteiger partial charge in [-0.25, -0.2) is 0 Å². The summed E-state index contributed by atoms with van der Waals surface area (Å²) in [5, 5.41) is 34.2. The fourth-order valence-electron chi connectivity index (χ4n) is 10.4. The first-order chi connectivity index (χ1) is 25.8. The first-order valence-electron chi connectivity index (χ1n) is 20.6. The van der Waals surface area contributed by atoms with E-state index in [0.717, 1.165) is 24.8 Å². The number of carbonyl (C=O) groups excluding carboxylic acids is 1. The molecule has 7 rings (SSSR count). The fourth-order valence-corrected chi connectivity index (χ4v) is 10.4. The molecule has 5 aliphatic heterocycles. The van der Waals surface area contributed by atoms with Gasteiger partial charge >= 0.3 is 5.97 Å². The van der Waals surface area contributed by atoms with Crippen molar-refractivity contribution in [2.45, 2.75) is 178 Å². The van der Waals surface area contributed by atoms with Crippen molar-refractivity contribution in [3.63, 3.8) is 0 Å². The molecule has 0 aromatic heterocycles. The van der Waals surface area contributed by atoms with Crippen LogP contribution in [0.5, 0.6) is 0 Å². The summed E-state index contributed by atoms with van der Waals surface area (Å²) in [6.07, 6.45) is 13.6. The molecule has 3 N–H and O–H groups in total.